The lowest BCUT2D eigenvalue weighted by molar-refractivity contribution is 0.0985. The van der Waals surface area contributed by atoms with Gasteiger partial charge in [-0.15, -0.1) is 0 Å². The van der Waals surface area contributed by atoms with Crippen LogP contribution in [0.5, 0.6) is 0 Å². The molecule has 3 N–H and O–H groups in total. The Balaban J connectivity index is 1.40. The lowest BCUT2D eigenvalue weighted by Gasteiger charge is -2.42. The van der Waals surface area contributed by atoms with Crippen LogP contribution in [0.4, 0.5) is 10.5 Å². The van der Waals surface area contributed by atoms with E-state index in [0.717, 1.165) is 50.3 Å². The molecular formula is C23H32N6O3. The van der Waals surface area contributed by atoms with Crippen molar-refractivity contribution < 1.29 is 14.1 Å². The molecule has 32 heavy (non-hydrogen) atoms. The van der Waals surface area contributed by atoms with Crippen molar-refractivity contribution in [2.45, 2.75) is 19.4 Å². The third-order valence-electron chi connectivity index (χ3n) is 6.37. The second-order valence-electron chi connectivity index (χ2n) is 8.84. The van der Waals surface area contributed by atoms with Crippen LogP contribution in [-0.4, -0.2) is 73.3 Å². The van der Waals surface area contributed by atoms with Gasteiger partial charge in [0.1, 0.15) is 12.1 Å². The number of carbonyl (C=O) groups excluding carboxylic acids is 1. The molecule has 9 heteroatoms. The largest absolute Gasteiger partial charge is 0.384 e. The number of nitrogens with two attached hydrogens (primary N) is 1. The standard InChI is InChI=1S/C23H32N6O3/c1-31-15-19-13-28(12-17-5-7-27(8-6-17)11-18-10-26-32-16-18)23(30)29(14-19)21-4-2-3-20(9-21)22(24)25/h2-4,9-10,16-17,19H,5-8,11-15H2,1H3,(H3,24,25). The molecule has 1 atom stereocenters. The van der Waals surface area contributed by atoms with Gasteiger partial charge < -0.3 is 19.9 Å². The van der Waals surface area contributed by atoms with Crippen LogP contribution in [0.2, 0.25) is 0 Å². The molecule has 2 aliphatic rings. The lowest BCUT2D eigenvalue weighted by atomic mass is 9.95. The highest BCUT2D eigenvalue weighted by Gasteiger charge is 2.34. The van der Waals surface area contributed by atoms with Gasteiger partial charge in [-0.3, -0.25) is 15.2 Å². The maximum absolute atomic E-state index is 13.4. The molecule has 1 aromatic heterocycles. The van der Waals surface area contributed by atoms with Crippen LogP contribution in [0.3, 0.4) is 0 Å². The zero-order valence-electron chi connectivity index (χ0n) is 18.6. The van der Waals surface area contributed by atoms with Crippen molar-refractivity contribution in [3.05, 3.63) is 47.9 Å². The Labute approximate surface area is 188 Å². The summed E-state index contributed by atoms with van der Waals surface area (Å²) in [6.45, 7) is 5.52. The summed E-state index contributed by atoms with van der Waals surface area (Å²) < 4.78 is 10.4. The first-order valence-electron chi connectivity index (χ1n) is 11.1. The molecule has 0 bridgehead atoms. The van der Waals surface area contributed by atoms with E-state index in [4.69, 9.17) is 20.4 Å². The first-order chi connectivity index (χ1) is 15.5. The summed E-state index contributed by atoms with van der Waals surface area (Å²) in [4.78, 5) is 19.6. The van der Waals surface area contributed by atoms with E-state index < -0.39 is 0 Å². The molecule has 0 saturated carbocycles. The molecule has 0 radical (unpaired) electrons. The van der Waals surface area contributed by atoms with Crippen molar-refractivity contribution in [3.63, 3.8) is 0 Å². The van der Waals surface area contributed by atoms with E-state index in [1.807, 2.05) is 23.1 Å². The summed E-state index contributed by atoms with van der Waals surface area (Å²) in [5.41, 5.74) is 8.16. The van der Waals surface area contributed by atoms with E-state index in [0.29, 0.717) is 31.2 Å². The second kappa shape index (κ2) is 10.1. The molecule has 2 fully saturated rings. The van der Waals surface area contributed by atoms with Crippen LogP contribution in [0.25, 0.3) is 0 Å². The molecule has 2 amide bonds. The number of amidine groups is 1. The zero-order chi connectivity index (χ0) is 22.5. The van der Waals surface area contributed by atoms with Gasteiger partial charge in [0, 0.05) is 56.0 Å². The van der Waals surface area contributed by atoms with E-state index in [1.54, 1.807) is 30.5 Å². The minimum absolute atomic E-state index is 0.000401. The van der Waals surface area contributed by atoms with Gasteiger partial charge in [-0.1, -0.05) is 17.3 Å². The van der Waals surface area contributed by atoms with E-state index in [2.05, 4.69) is 10.1 Å². The summed E-state index contributed by atoms with van der Waals surface area (Å²) in [5, 5.41) is 11.5. The summed E-state index contributed by atoms with van der Waals surface area (Å²) in [6.07, 6.45) is 5.59. The Kier molecular flexibility index (Phi) is 7.06. The van der Waals surface area contributed by atoms with Crippen molar-refractivity contribution in [3.8, 4) is 0 Å². The summed E-state index contributed by atoms with van der Waals surface area (Å²) >= 11 is 0. The first kappa shape index (κ1) is 22.3. The number of methoxy groups -OCH3 is 1. The SMILES string of the molecule is COCC1CN(CC2CCN(Cc3cnoc3)CC2)C(=O)N(c2cccc(C(=N)N)c2)C1. The minimum Gasteiger partial charge on any atom is -0.384 e. The van der Waals surface area contributed by atoms with Crippen LogP contribution < -0.4 is 10.6 Å². The highest BCUT2D eigenvalue weighted by atomic mass is 16.5. The number of hydrogen-bond donors (Lipinski definition) is 2. The van der Waals surface area contributed by atoms with Gasteiger partial charge in [0.15, 0.2) is 0 Å². The number of nitrogen functional groups attached to an aromatic ring is 1. The number of anilines is 1. The van der Waals surface area contributed by atoms with Gasteiger partial charge in [0.05, 0.1) is 12.8 Å². The van der Waals surface area contributed by atoms with Gasteiger partial charge in [-0.25, -0.2) is 4.79 Å². The third-order valence-corrected chi connectivity index (χ3v) is 6.37. The Bertz CT molecular complexity index is 910. The van der Waals surface area contributed by atoms with Crippen molar-refractivity contribution in [1.29, 1.82) is 5.41 Å². The molecule has 0 aliphatic carbocycles. The van der Waals surface area contributed by atoms with Gasteiger partial charge in [-0.2, -0.15) is 0 Å². The molecule has 2 aliphatic heterocycles. The number of urea groups is 1. The Morgan fingerprint density at radius 1 is 1.28 bits per heavy atom. The number of carbonyl (C=O) groups is 1. The van der Waals surface area contributed by atoms with E-state index in [1.165, 1.54) is 0 Å². The monoisotopic (exact) mass is 440 g/mol. The number of ether oxygens (including phenoxy) is 1. The average molecular weight is 441 g/mol. The quantitative estimate of drug-likeness (QED) is 0.481. The summed E-state index contributed by atoms with van der Waals surface area (Å²) in [5.74, 6) is 0.705. The zero-order valence-corrected chi connectivity index (χ0v) is 18.6. The van der Waals surface area contributed by atoms with Gasteiger partial charge in [0.25, 0.3) is 0 Å². The minimum atomic E-state index is -0.000401. The Hall–Kier alpha value is -2.91. The lowest BCUT2D eigenvalue weighted by Crippen LogP contribution is -2.56. The molecule has 3 heterocycles. The van der Waals surface area contributed by atoms with Gasteiger partial charge in [0.2, 0.25) is 0 Å². The number of hydrogen-bond acceptors (Lipinski definition) is 6. The van der Waals surface area contributed by atoms with E-state index in [-0.39, 0.29) is 17.8 Å². The molecule has 0 spiro atoms. The first-order valence-corrected chi connectivity index (χ1v) is 11.1. The molecule has 9 nitrogen and oxygen atoms in total. The molecule has 4 rings (SSSR count). The van der Waals surface area contributed by atoms with Gasteiger partial charge in [-0.05, 0) is 44.0 Å². The number of rotatable bonds is 8. The van der Waals surface area contributed by atoms with Crippen molar-refractivity contribution in [2.75, 3.05) is 51.3 Å². The molecule has 172 valence electrons. The van der Waals surface area contributed by atoms with Gasteiger partial charge >= 0.3 is 6.03 Å². The normalized spacial score (nSPS) is 20.7. The van der Waals surface area contributed by atoms with Crippen LogP contribution in [0, 0.1) is 17.2 Å². The number of likely N-dealkylation sites (tertiary alicyclic amines) is 1. The highest BCUT2D eigenvalue weighted by Crippen LogP contribution is 2.27. The predicted octanol–water partition coefficient (Wildman–Crippen LogP) is 2.38. The number of benzene rings is 1. The molecule has 2 aromatic rings. The maximum atomic E-state index is 13.4. The molecular weight excluding hydrogens is 408 g/mol. The predicted molar refractivity (Wildman–Crippen MR) is 122 cm³/mol. The van der Waals surface area contributed by atoms with Crippen molar-refractivity contribution in [1.82, 2.24) is 15.0 Å². The van der Waals surface area contributed by atoms with E-state index in [9.17, 15) is 4.79 Å². The number of nitrogens with one attached hydrogen (secondary N) is 1. The maximum Gasteiger partial charge on any atom is 0.324 e. The van der Waals surface area contributed by atoms with Crippen LogP contribution >= 0.6 is 0 Å². The number of nitrogens with zero attached hydrogens (tertiary/aromatic N) is 4. The number of aromatic nitrogens is 1. The fraction of sp³-hybridized carbons (Fsp3) is 0.522. The fourth-order valence-corrected chi connectivity index (χ4v) is 4.71. The molecule has 2 saturated heterocycles. The van der Waals surface area contributed by atoms with Crippen LogP contribution in [0.1, 0.15) is 24.0 Å². The van der Waals surface area contributed by atoms with Crippen molar-refractivity contribution >= 4 is 17.6 Å². The number of piperidine rings is 1. The van der Waals surface area contributed by atoms with Crippen molar-refractivity contribution in [2.24, 2.45) is 17.6 Å². The second-order valence-corrected chi connectivity index (χ2v) is 8.84. The smallest absolute Gasteiger partial charge is 0.324 e. The third kappa shape index (κ3) is 5.28. The fourth-order valence-electron chi connectivity index (χ4n) is 4.71. The number of amides is 2. The summed E-state index contributed by atoms with van der Waals surface area (Å²) in [7, 11) is 1.70. The summed E-state index contributed by atoms with van der Waals surface area (Å²) in [6, 6.07) is 7.37. The molecule has 1 unspecified atom stereocenters. The Morgan fingerprint density at radius 2 is 2.09 bits per heavy atom. The van der Waals surface area contributed by atoms with Crippen LogP contribution in [0.15, 0.2) is 41.2 Å². The van der Waals surface area contributed by atoms with E-state index >= 15 is 0 Å². The highest BCUT2D eigenvalue weighted by molar-refractivity contribution is 5.98. The van der Waals surface area contributed by atoms with Crippen LogP contribution in [-0.2, 0) is 11.3 Å². The Morgan fingerprint density at radius 3 is 2.78 bits per heavy atom. The topological polar surface area (TPSA) is 112 Å². The molecule has 1 aromatic carbocycles. The average Bonchev–Trinajstić information content (AvgIpc) is 3.30.